The maximum Gasteiger partial charge on any atom is 0.0468 e. The fourth-order valence-electron chi connectivity index (χ4n) is 1.66. The van der Waals surface area contributed by atoms with Gasteiger partial charge < -0.3 is 16.0 Å². The van der Waals surface area contributed by atoms with Gasteiger partial charge in [0, 0.05) is 17.1 Å². The molecule has 0 aliphatic heterocycles. The Kier molecular flexibility index (Phi) is 6.45. The van der Waals surface area contributed by atoms with Gasteiger partial charge in [-0.25, -0.2) is 0 Å². The average molecular weight is 241 g/mol. The third-order valence-corrected chi connectivity index (χ3v) is 3.72. The molecule has 0 aliphatic carbocycles. The fraction of sp³-hybridized carbons (Fsp3) is 0.667. The zero-order valence-electron chi connectivity index (χ0n) is 10.3. The summed E-state index contributed by atoms with van der Waals surface area (Å²) in [6, 6.07) is 1.97. The van der Waals surface area contributed by atoms with E-state index >= 15 is 0 Å². The van der Waals surface area contributed by atoms with Crippen molar-refractivity contribution in [1.29, 1.82) is 0 Å². The summed E-state index contributed by atoms with van der Waals surface area (Å²) in [5.74, 6) is 0. The Hall–Kier alpha value is -0.580. The van der Waals surface area contributed by atoms with Gasteiger partial charge in [0.2, 0.25) is 0 Å². The maximum atomic E-state index is 5.81. The minimum absolute atomic E-state index is 0.905. The molecule has 0 spiro atoms. The molecule has 3 N–H and O–H groups in total. The standard InChI is InChI=1S/C12H23N3S/c1-3-15(4-2)8-5-7-14-10-12-11(13)6-9-16-12/h6,9,14H,3-5,7-8,10,13H2,1-2H3. The van der Waals surface area contributed by atoms with Gasteiger partial charge in [0.05, 0.1) is 0 Å². The minimum atomic E-state index is 0.905. The molecular formula is C12H23N3S. The molecule has 4 heteroatoms. The second kappa shape index (κ2) is 7.65. The van der Waals surface area contributed by atoms with E-state index in [-0.39, 0.29) is 0 Å². The molecular weight excluding hydrogens is 218 g/mol. The Bertz CT molecular complexity index is 282. The van der Waals surface area contributed by atoms with Crippen molar-refractivity contribution < 1.29 is 0 Å². The lowest BCUT2D eigenvalue weighted by molar-refractivity contribution is 0.298. The summed E-state index contributed by atoms with van der Waals surface area (Å²) in [5.41, 5.74) is 6.73. The number of nitrogens with two attached hydrogens (primary N) is 1. The van der Waals surface area contributed by atoms with E-state index in [2.05, 4.69) is 24.1 Å². The summed E-state index contributed by atoms with van der Waals surface area (Å²) < 4.78 is 0. The van der Waals surface area contributed by atoms with Crippen molar-refractivity contribution in [2.45, 2.75) is 26.8 Å². The van der Waals surface area contributed by atoms with Crippen molar-refractivity contribution >= 4 is 17.0 Å². The highest BCUT2D eigenvalue weighted by molar-refractivity contribution is 7.10. The van der Waals surface area contributed by atoms with Crippen LogP contribution in [0.4, 0.5) is 5.69 Å². The Balaban J connectivity index is 2.06. The van der Waals surface area contributed by atoms with Crippen molar-refractivity contribution in [3.05, 3.63) is 16.3 Å². The van der Waals surface area contributed by atoms with Crippen LogP contribution in [-0.2, 0) is 6.54 Å². The monoisotopic (exact) mass is 241 g/mol. The fourth-order valence-corrected chi connectivity index (χ4v) is 2.43. The number of nitrogens with zero attached hydrogens (tertiary/aromatic N) is 1. The van der Waals surface area contributed by atoms with Crippen molar-refractivity contribution in [3.8, 4) is 0 Å². The molecule has 0 aromatic carbocycles. The number of nitrogens with one attached hydrogen (secondary N) is 1. The van der Waals surface area contributed by atoms with Crippen LogP contribution in [0.15, 0.2) is 11.4 Å². The molecule has 0 radical (unpaired) electrons. The third-order valence-electron chi connectivity index (χ3n) is 2.79. The van der Waals surface area contributed by atoms with E-state index < -0.39 is 0 Å². The van der Waals surface area contributed by atoms with Gasteiger partial charge in [0.1, 0.15) is 0 Å². The molecule has 0 saturated heterocycles. The summed E-state index contributed by atoms with van der Waals surface area (Å²) in [6.07, 6.45) is 1.20. The lowest BCUT2D eigenvalue weighted by Gasteiger charge is -2.17. The molecule has 1 rings (SSSR count). The van der Waals surface area contributed by atoms with Gasteiger partial charge in [0.25, 0.3) is 0 Å². The number of thiophene rings is 1. The van der Waals surface area contributed by atoms with E-state index in [9.17, 15) is 0 Å². The molecule has 0 unspecified atom stereocenters. The van der Waals surface area contributed by atoms with Gasteiger partial charge in [-0.15, -0.1) is 11.3 Å². The second-order valence-electron chi connectivity index (χ2n) is 3.86. The smallest absolute Gasteiger partial charge is 0.0468 e. The number of hydrogen-bond donors (Lipinski definition) is 2. The Morgan fingerprint density at radius 2 is 2.12 bits per heavy atom. The third kappa shape index (κ3) is 4.51. The van der Waals surface area contributed by atoms with Crippen LogP contribution in [0.1, 0.15) is 25.1 Å². The van der Waals surface area contributed by atoms with Crippen LogP contribution in [0, 0.1) is 0 Å². The SMILES string of the molecule is CCN(CC)CCCNCc1sccc1N. The Morgan fingerprint density at radius 3 is 2.69 bits per heavy atom. The van der Waals surface area contributed by atoms with Crippen LogP contribution >= 0.6 is 11.3 Å². The quantitative estimate of drug-likeness (QED) is 0.685. The summed E-state index contributed by atoms with van der Waals surface area (Å²) in [6.45, 7) is 9.87. The van der Waals surface area contributed by atoms with E-state index in [1.165, 1.54) is 17.8 Å². The zero-order chi connectivity index (χ0) is 11.8. The van der Waals surface area contributed by atoms with Gasteiger partial charge >= 0.3 is 0 Å². The molecule has 1 aromatic rings. The highest BCUT2D eigenvalue weighted by Gasteiger charge is 2.00. The molecule has 0 atom stereocenters. The summed E-state index contributed by atoms with van der Waals surface area (Å²) in [5, 5.41) is 5.48. The minimum Gasteiger partial charge on any atom is -0.398 e. The van der Waals surface area contributed by atoms with E-state index in [0.29, 0.717) is 0 Å². The largest absolute Gasteiger partial charge is 0.398 e. The van der Waals surface area contributed by atoms with Crippen LogP contribution in [-0.4, -0.2) is 31.1 Å². The molecule has 3 nitrogen and oxygen atoms in total. The first-order valence-corrected chi connectivity index (χ1v) is 6.90. The molecule has 16 heavy (non-hydrogen) atoms. The predicted octanol–water partition coefficient (Wildman–Crippen LogP) is 2.15. The van der Waals surface area contributed by atoms with Crippen LogP contribution in [0.3, 0.4) is 0 Å². The summed E-state index contributed by atoms with van der Waals surface area (Å²) in [4.78, 5) is 3.70. The first-order chi connectivity index (χ1) is 7.77. The number of rotatable bonds is 8. The van der Waals surface area contributed by atoms with Crippen LogP contribution in [0.25, 0.3) is 0 Å². The van der Waals surface area contributed by atoms with Crippen LogP contribution in [0.5, 0.6) is 0 Å². The number of anilines is 1. The lowest BCUT2D eigenvalue weighted by Crippen LogP contribution is -2.27. The highest BCUT2D eigenvalue weighted by Crippen LogP contribution is 2.17. The van der Waals surface area contributed by atoms with Crippen molar-refractivity contribution in [2.24, 2.45) is 0 Å². The second-order valence-corrected chi connectivity index (χ2v) is 4.86. The Labute approximate surface area is 103 Å². The predicted molar refractivity (Wildman–Crippen MR) is 72.8 cm³/mol. The van der Waals surface area contributed by atoms with E-state index in [4.69, 9.17) is 5.73 Å². The van der Waals surface area contributed by atoms with Gasteiger partial charge in [-0.1, -0.05) is 13.8 Å². The van der Waals surface area contributed by atoms with E-state index in [0.717, 1.165) is 31.9 Å². The normalized spacial score (nSPS) is 11.2. The van der Waals surface area contributed by atoms with Gasteiger partial charge in [-0.2, -0.15) is 0 Å². The molecule has 0 fully saturated rings. The summed E-state index contributed by atoms with van der Waals surface area (Å²) >= 11 is 1.72. The molecule has 0 saturated carbocycles. The van der Waals surface area contributed by atoms with Gasteiger partial charge in [-0.3, -0.25) is 0 Å². The van der Waals surface area contributed by atoms with E-state index in [1.807, 2.05) is 11.4 Å². The molecule has 0 aliphatic rings. The Morgan fingerprint density at radius 1 is 1.38 bits per heavy atom. The molecule has 92 valence electrons. The van der Waals surface area contributed by atoms with Crippen LogP contribution in [0.2, 0.25) is 0 Å². The van der Waals surface area contributed by atoms with Crippen molar-refractivity contribution in [3.63, 3.8) is 0 Å². The van der Waals surface area contributed by atoms with Gasteiger partial charge in [0.15, 0.2) is 0 Å². The zero-order valence-corrected chi connectivity index (χ0v) is 11.1. The first kappa shape index (κ1) is 13.5. The van der Waals surface area contributed by atoms with Crippen molar-refractivity contribution in [1.82, 2.24) is 10.2 Å². The van der Waals surface area contributed by atoms with Gasteiger partial charge in [-0.05, 0) is 44.0 Å². The molecule has 0 amide bonds. The lowest BCUT2D eigenvalue weighted by atomic mass is 10.3. The van der Waals surface area contributed by atoms with E-state index in [1.54, 1.807) is 11.3 Å². The average Bonchev–Trinajstić information content (AvgIpc) is 2.70. The van der Waals surface area contributed by atoms with Crippen molar-refractivity contribution in [2.75, 3.05) is 31.9 Å². The maximum absolute atomic E-state index is 5.81. The number of nitrogen functional groups attached to an aromatic ring is 1. The van der Waals surface area contributed by atoms with Crippen LogP contribution < -0.4 is 11.1 Å². The highest BCUT2D eigenvalue weighted by atomic mass is 32.1. The first-order valence-electron chi connectivity index (χ1n) is 6.02. The summed E-state index contributed by atoms with van der Waals surface area (Å²) in [7, 11) is 0. The molecule has 1 aromatic heterocycles. The molecule has 0 bridgehead atoms. The molecule has 1 heterocycles. The number of hydrogen-bond acceptors (Lipinski definition) is 4. The topological polar surface area (TPSA) is 41.3 Å².